The van der Waals surface area contributed by atoms with Gasteiger partial charge in [-0.1, -0.05) is 26.7 Å². The van der Waals surface area contributed by atoms with Gasteiger partial charge in [0, 0.05) is 12.2 Å². The molecule has 1 aromatic rings. The van der Waals surface area contributed by atoms with Gasteiger partial charge in [0.1, 0.15) is 0 Å². The Morgan fingerprint density at radius 2 is 2.12 bits per heavy atom. The van der Waals surface area contributed by atoms with Crippen molar-refractivity contribution in [1.82, 2.24) is 10.3 Å². The van der Waals surface area contributed by atoms with E-state index in [1.54, 1.807) is 12.3 Å². The Kier molecular flexibility index (Phi) is 4.94. The molecular formula is C13H21N3O. The zero-order valence-electron chi connectivity index (χ0n) is 10.7. The van der Waals surface area contributed by atoms with E-state index >= 15 is 0 Å². The number of nitrogens with one attached hydrogen (secondary N) is 1. The maximum atomic E-state index is 12.0. The van der Waals surface area contributed by atoms with E-state index in [9.17, 15) is 4.79 Å². The number of hydrogen-bond donors (Lipinski definition) is 2. The molecule has 1 amide bonds. The molecule has 1 unspecified atom stereocenters. The number of nitrogens with two attached hydrogens (primary N) is 1. The summed E-state index contributed by atoms with van der Waals surface area (Å²) in [5.41, 5.74) is 6.63. The van der Waals surface area contributed by atoms with Crippen molar-refractivity contribution in [3.8, 4) is 0 Å². The van der Waals surface area contributed by atoms with Gasteiger partial charge in [-0.15, -0.1) is 0 Å². The fraction of sp³-hybridized carbons (Fsp3) is 0.538. The summed E-state index contributed by atoms with van der Waals surface area (Å²) in [4.78, 5) is 15.9. The van der Waals surface area contributed by atoms with Crippen LogP contribution in [0, 0.1) is 5.92 Å². The highest BCUT2D eigenvalue weighted by molar-refractivity contribution is 5.98. The van der Waals surface area contributed by atoms with Crippen molar-refractivity contribution in [2.24, 2.45) is 5.92 Å². The Morgan fingerprint density at radius 1 is 1.47 bits per heavy atom. The molecule has 4 nitrogen and oxygen atoms in total. The minimum atomic E-state index is -0.121. The molecule has 0 aromatic carbocycles. The molecule has 0 bridgehead atoms. The third-order valence-corrected chi connectivity index (χ3v) is 3.21. The van der Waals surface area contributed by atoms with Crippen molar-refractivity contribution in [3.05, 3.63) is 24.0 Å². The summed E-state index contributed by atoms with van der Waals surface area (Å²) in [6.07, 6.45) is 5.19. The van der Waals surface area contributed by atoms with E-state index in [0.29, 0.717) is 17.2 Å². The van der Waals surface area contributed by atoms with Gasteiger partial charge in [0.25, 0.3) is 5.91 Å². The van der Waals surface area contributed by atoms with Crippen molar-refractivity contribution in [1.29, 1.82) is 0 Å². The molecule has 0 saturated heterocycles. The molecule has 4 heteroatoms. The summed E-state index contributed by atoms with van der Waals surface area (Å²) in [5, 5.41) is 2.99. The van der Waals surface area contributed by atoms with Crippen LogP contribution in [0.1, 0.15) is 44.0 Å². The maximum absolute atomic E-state index is 12.0. The van der Waals surface area contributed by atoms with Crippen LogP contribution in [-0.2, 0) is 0 Å². The summed E-state index contributed by atoms with van der Waals surface area (Å²) in [6.45, 7) is 6.31. The number of pyridine rings is 1. The third-order valence-electron chi connectivity index (χ3n) is 3.21. The lowest BCUT2D eigenvalue weighted by Gasteiger charge is -2.22. The van der Waals surface area contributed by atoms with Crippen LogP contribution in [0.25, 0.3) is 0 Å². The Balaban J connectivity index is 2.70. The Hall–Kier alpha value is -1.58. The zero-order chi connectivity index (χ0) is 12.8. The molecule has 17 heavy (non-hydrogen) atoms. The SMILES string of the molecule is CCC(CC)C(C)NC(=O)c1ccncc1N. The first kappa shape index (κ1) is 13.5. The summed E-state index contributed by atoms with van der Waals surface area (Å²) >= 11 is 0. The van der Waals surface area contributed by atoms with Gasteiger partial charge in [-0.2, -0.15) is 0 Å². The Bertz CT molecular complexity index is 375. The van der Waals surface area contributed by atoms with Crippen LogP contribution in [0.2, 0.25) is 0 Å². The van der Waals surface area contributed by atoms with Crippen molar-refractivity contribution in [2.45, 2.75) is 39.7 Å². The summed E-state index contributed by atoms with van der Waals surface area (Å²) in [5.74, 6) is 0.381. The van der Waals surface area contributed by atoms with Crippen molar-refractivity contribution in [3.63, 3.8) is 0 Å². The molecule has 3 N–H and O–H groups in total. The number of nitrogen functional groups attached to an aromatic ring is 1. The lowest BCUT2D eigenvalue weighted by molar-refractivity contribution is 0.0926. The monoisotopic (exact) mass is 235 g/mol. The van der Waals surface area contributed by atoms with Crippen LogP contribution in [0.3, 0.4) is 0 Å². The first-order valence-electron chi connectivity index (χ1n) is 6.10. The summed E-state index contributed by atoms with van der Waals surface area (Å²) in [7, 11) is 0. The minimum absolute atomic E-state index is 0.121. The van der Waals surface area contributed by atoms with Crippen LogP contribution in [-0.4, -0.2) is 16.9 Å². The number of aromatic nitrogens is 1. The van der Waals surface area contributed by atoms with E-state index in [-0.39, 0.29) is 11.9 Å². The molecule has 0 aliphatic rings. The number of rotatable bonds is 5. The zero-order valence-corrected chi connectivity index (χ0v) is 10.7. The van der Waals surface area contributed by atoms with Crippen LogP contribution >= 0.6 is 0 Å². The maximum Gasteiger partial charge on any atom is 0.253 e. The van der Waals surface area contributed by atoms with E-state index in [1.165, 1.54) is 6.20 Å². The highest BCUT2D eigenvalue weighted by Crippen LogP contribution is 2.14. The second kappa shape index (κ2) is 6.23. The Labute approximate surface area is 103 Å². The van der Waals surface area contributed by atoms with Crippen LogP contribution in [0.15, 0.2) is 18.5 Å². The molecule has 1 atom stereocenters. The number of amides is 1. The van der Waals surface area contributed by atoms with Gasteiger partial charge in [-0.3, -0.25) is 9.78 Å². The van der Waals surface area contributed by atoms with E-state index in [0.717, 1.165) is 12.8 Å². The van der Waals surface area contributed by atoms with Gasteiger partial charge in [0.15, 0.2) is 0 Å². The Morgan fingerprint density at radius 3 is 2.65 bits per heavy atom. The van der Waals surface area contributed by atoms with Gasteiger partial charge in [0.2, 0.25) is 0 Å². The summed E-state index contributed by atoms with van der Waals surface area (Å²) in [6, 6.07) is 1.80. The van der Waals surface area contributed by atoms with Crippen LogP contribution in [0.5, 0.6) is 0 Å². The third kappa shape index (κ3) is 3.44. The quantitative estimate of drug-likeness (QED) is 0.822. The molecule has 1 aromatic heterocycles. The first-order chi connectivity index (χ1) is 8.10. The first-order valence-corrected chi connectivity index (χ1v) is 6.10. The van der Waals surface area contributed by atoms with E-state index in [1.807, 2.05) is 6.92 Å². The minimum Gasteiger partial charge on any atom is -0.397 e. The largest absolute Gasteiger partial charge is 0.397 e. The number of hydrogen-bond acceptors (Lipinski definition) is 3. The van der Waals surface area contributed by atoms with Gasteiger partial charge in [-0.05, 0) is 18.9 Å². The molecular weight excluding hydrogens is 214 g/mol. The number of carbonyl (C=O) groups excluding carboxylic acids is 1. The molecule has 0 radical (unpaired) electrons. The highest BCUT2D eigenvalue weighted by atomic mass is 16.1. The highest BCUT2D eigenvalue weighted by Gasteiger charge is 2.17. The van der Waals surface area contributed by atoms with E-state index in [2.05, 4.69) is 24.1 Å². The normalized spacial score (nSPS) is 12.5. The lowest BCUT2D eigenvalue weighted by Crippen LogP contribution is -2.38. The lowest BCUT2D eigenvalue weighted by atomic mass is 9.95. The molecule has 0 fully saturated rings. The predicted octanol–water partition coefficient (Wildman–Crippen LogP) is 2.22. The number of carbonyl (C=O) groups is 1. The molecule has 0 saturated carbocycles. The molecule has 0 spiro atoms. The van der Waals surface area contributed by atoms with E-state index < -0.39 is 0 Å². The van der Waals surface area contributed by atoms with Gasteiger partial charge in [0.05, 0.1) is 17.4 Å². The molecule has 0 aliphatic heterocycles. The predicted molar refractivity (Wildman–Crippen MR) is 69.6 cm³/mol. The average molecular weight is 235 g/mol. The standard InChI is InChI=1S/C13H21N3O/c1-4-10(5-2)9(3)16-13(17)11-6-7-15-8-12(11)14/h6-10H,4-5,14H2,1-3H3,(H,16,17). The topological polar surface area (TPSA) is 68.0 Å². The van der Waals surface area contributed by atoms with Crippen molar-refractivity contribution < 1.29 is 4.79 Å². The summed E-state index contributed by atoms with van der Waals surface area (Å²) < 4.78 is 0. The fourth-order valence-corrected chi connectivity index (χ4v) is 2.01. The molecule has 1 rings (SSSR count). The second-order valence-corrected chi connectivity index (χ2v) is 4.30. The molecule has 0 aliphatic carbocycles. The fourth-order valence-electron chi connectivity index (χ4n) is 2.01. The second-order valence-electron chi connectivity index (χ2n) is 4.30. The number of nitrogens with zero attached hydrogens (tertiary/aromatic N) is 1. The van der Waals surface area contributed by atoms with Crippen molar-refractivity contribution in [2.75, 3.05) is 5.73 Å². The van der Waals surface area contributed by atoms with Crippen LogP contribution < -0.4 is 11.1 Å². The number of anilines is 1. The van der Waals surface area contributed by atoms with Gasteiger partial charge in [-0.25, -0.2) is 0 Å². The molecule has 94 valence electrons. The van der Waals surface area contributed by atoms with E-state index in [4.69, 9.17) is 5.73 Å². The van der Waals surface area contributed by atoms with Crippen LogP contribution in [0.4, 0.5) is 5.69 Å². The average Bonchev–Trinajstić information content (AvgIpc) is 2.31. The smallest absolute Gasteiger partial charge is 0.253 e. The van der Waals surface area contributed by atoms with Crippen molar-refractivity contribution >= 4 is 11.6 Å². The molecule has 1 heterocycles. The van der Waals surface area contributed by atoms with Gasteiger partial charge < -0.3 is 11.1 Å². The van der Waals surface area contributed by atoms with Gasteiger partial charge >= 0.3 is 0 Å².